The van der Waals surface area contributed by atoms with Crippen molar-refractivity contribution >= 4 is 15.7 Å². The van der Waals surface area contributed by atoms with E-state index in [2.05, 4.69) is 4.72 Å². The second-order valence-electron chi connectivity index (χ2n) is 4.32. The van der Waals surface area contributed by atoms with Crippen LogP contribution in [0.2, 0.25) is 0 Å². The molecule has 0 atom stereocenters. The summed E-state index contributed by atoms with van der Waals surface area (Å²) in [5.41, 5.74) is 6.77. The maximum absolute atomic E-state index is 13.6. The lowest BCUT2D eigenvalue weighted by Crippen LogP contribution is -2.24. The van der Waals surface area contributed by atoms with Crippen LogP contribution in [0.15, 0.2) is 47.4 Å². The smallest absolute Gasteiger partial charge is 0.243 e. The van der Waals surface area contributed by atoms with Gasteiger partial charge in [-0.05, 0) is 35.9 Å². The van der Waals surface area contributed by atoms with E-state index in [4.69, 9.17) is 11.0 Å². The summed E-state index contributed by atoms with van der Waals surface area (Å²) in [6.07, 6.45) is 0. The first kappa shape index (κ1) is 15.0. The van der Waals surface area contributed by atoms with E-state index in [9.17, 15) is 12.8 Å². The summed E-state index contributed by atoms with van der Waals surface area (Å²) in [6.45, 7) is -0.0116. The molecule has 0 aliphatic carbocycles. The van der Waals surface area contributed by atoms with Gasteiger partial charge < -0.3 is 5.73 Å². The number of benzene rings is 2. The molecule has 2 rings (SSSR count). The number of sulfonamides is 1. The lowest BCUT2D eigenvalue weighted by molar-refractivity contribution is 0.557. The lowest BCUT2D eigenvalue weighted by atomic mass is 10.1. The topological polar surface area (TPSA) is 96.0 Å². The Morgan fingerprint density at radius 2 is 1.86 bits per heavy atom. The van der Waals surface area contributed by atoms with E-state index in [0.29, 0.717) is 11.1 Å². The number of nitrogens with two attached hydrogens (primary N) is 1. The van der Waals surface area contributed by atoms with E-state index in [-0.39, 0.29) is 12.2 Å². The van der Waals surface area contributed by atoms with Gasteiger partial charge in [-0.2, -0.15) is 5.26 Å². The molecule has 0 radical (unpaired) electrons. The van der Waals surface area contributed by atoms with Gasteiger partial charge in [0.1, 0.15) is 10.7 Å². The van der Waals surface area contributed by atoms with Crippen LogP contribution in [0.4, 0.5) is 10.1 Å². The van der Waals surface area contributed by atoms with Crippen LogP contribution in [-0.4, -0.2) is 8.42 Å². The quantitative estimate of drug-likeness (QED) is 0.841. The number of nitrogens with one attached hydrogen (secondary N) is 1. The molecule has 2 aromatic carbocycles. The molecule has 0 unspecified atom stereocenters. The van der Waals surface area contributed by atoms with Crippen molar-refractivity contribution in [3.05, 3.63) is 59.4 Å². The zero-order valence-electron chi connectivity index (χ0n) is 10.9. The highest BCUT2D eigenvalue weighted by Gasteiger charge is 2.18. The number of rotatable bonds is 4. The van der Waals surface area contributed by atoms with Gasteiger partial charge in [-0.1, -0.05) is 12.1 Å². The maximum Gasteiger partial charge on any atom is 0.243 e. The Kier molecular flexibility index (Phi) is 4.21. The SMILES string of the molecule is N#Cc1ccc(CNS(=O)(=O)c2cc(N)ccc2F)cc1. The van der Waals surface area contributed by atoms with Gasteiger partial charge in [0.2, 0.25) is 10.0 Å². The van der Waals surface area contributed by atoms with Gasteiger partial charge in [0.25, 0.3) is 0 Å². The van der Waals surface area contributed by atoms with Crippen LogP contribution in [0.1, 0.15) is 11.1 Å². The van der Waals surface area contributed by atoms with Crippen LogP contribution in [0.5, 0.6) is 0 Å². The molecule has 21 heavy (non-hydrogen) atoms. The van der Waals surface area contributed by atoms with Crippen LogP contribution < -0.4 is 10.5 Å². The van der Waals surface area contributed by atoms with Crippen molar-refractivity contribution in [2.75, 3.05) is 5.73 Å². The van der Waals surface area contributed by atoms with Crippen LogP contribution in [-0.2, 0) is 16.6 Å². The second-order valence-corrected chi connectivity index (χ2v) is 6.06. The van der Waals surface area contributed by atoms with Crippen LogP contribution in [0, 0.1) is 17.1 Å². The summed E-state index contributed by atoms with van der Waals surface area (Å²) < 4.78 is 40.0. The molecule has 0 amide bonds. The summed E-state index contributed by atoms with van der Waals surface area (Å²) in [7, 11) is -4.00. The lowest BCUT2D eigenvalue weighted by Gasteiger charge is -2.08. The Morgan fingerprint density at radius 3 is 2.48 bits per heavy atom. The Bertz CT molecular complexity index is 796. The minimum Gasteiger partial charge on any atom is -0.399 e. The number of nitriles is 1. The van der Waals surface area contributed by atoms with Crippen molar-refractivity contribution in [2.24, 2.45) is 0 Å². The normalized spacial score (nSPS) is 11.0. The third-order valence-corrected chi connectivity index (χ3v) is 4.21. The van der Waals surface area contributed by atoms with Gasteiger partial charge >= 0.3 is 0 Å². The second kappa shape index (κ2) is 5.91. The highest BCUT2D eigenvalue weighted by molar-refractivity contribution is 7.89. The van der Waals surface area contributed by atoms with E-state index < -0.39 is 20.7 Å². The molecular weight excluding hydrogens is 293 g/mol. The van der Waals surface area contributed by atoms with E-state index in [0.717, 1.165) is 12.1 Å². The third-order valence-electron chi connectivity index (χ3n) is 2.79. The Hall–Kier alpha value is -2.43. The molecule has 0 heterocycles. The Balaban J connectivity index is 2.17. The van der Waals surface area contributed by atoms with Crippen molar-refractivity contribution in [2.45, 2.75) is 11.4 Å². The van der Waals surface area contributed by atoms with Gasteiger partial charge in [-0.3, -0.25) is 0 Å². The van der Waals surface area contributed by atoms with Gasteiger partial charge in [-0.15, -0.1) is 0 Å². The average molecular weight is 305 g/mol. The first-order valence-electron chi connectivity index (χ1n) is 5.96. The fraction of sp³-hybridized carbons (Fsp3) is 0.0714. The third kappa shape index (κ3) is 3.56. The van der Waals surface area contributed by atoms with Crippen molar-refractivity contribution < 1.29 is 12.8 Å². The zero-order chi connectivity index (χ0) is 15.5. The summed E-state index contributed by atoms with van der Waals surface area (Å²) in [5.74, 6) is -0.864. The molecule has 0 aliphatic rings. The van der Waals surface area contributed by atoms with Gasteiger partial charge in [0.05, 0.1) is 11.6 Å². The predicted octanol–water partition coefficient (Wildman–Crippen LogP) is 1.76. The van der Waals surface area contributed by atoms with Crippen molar-refractivity contribution in [3.63, 3.8) is 0 Å². The number of nitrogen functional groups attached to an aromatic ring is 1. The number of nitrogens with zero attached hydrogens (tertiary/aromatic N) is 1. The van der Waals surface area contributed by atoms with E-state index >= 15 is 0 Å². The molecule has 5 nitrogen and oxygen atoms in total. The number of halogens is 1. The molecule has 0 aliphatic heterocycles. The fourth-order valence-corrected chi connectivity index (χ4v) is 2.81. The summed E-state index contributed by atoms with van der Waals surface area (Å²) >= 11 is 0. The average Bonchev–Trinajstić information content (AvgIpc) is 2.48. The highest BCUT2D eigenvalue weighted by atomic mass is 32.2. The summed E-state index contributed by atoms with van der Waals surface area (Å²) in [4.78, 5) is -0.490. The fourth-order valence-electron chi connectivity index (χ4n) is 1.68. The number of anilines is 1. The largest absolute Gasteiger partial charge is 0.399 e. The molecule has 108 valence electrons. The van der Waals surface area contributed by atoms with Gasteiger partial charge in [-0.25, -0.2) is 17.5 Å². The molecule has 0 spiro atoms. The molecule has 2 aromatic rings. The minimum absolute atomic E-state index is 0.0116. The van der Waals surface area contributed by atoms with E-state index in [1.54, 1.807) is 24.3 Å². The number of hydrogen-bond acceptors (Lipinski definition) is 4. The number of hydrogen-bond donors (Lipinski definition) is 2. The maximum atomic E-state index is 13.6. The summed E-state index contributed by atoms with van der Waals surface area (Å²) in [5, 5.41) is 8.68. The highest BCUT2D eigenvalue weighted by Crippen LogP contribution is 2.17. The molecule has 0 saturated heterocycles. The summed E-state index contributed by atoms with van der Waals surface area (Å²) in [6, 6.07) is 11.7. The van der Waals surface area contributed by atoms with Crippen LogP contribution >= 0.6 is 0 Å². The first-order valence-corrected chi connectivity index (χ1v) is 7.44. The van der Waals surface area contributed by atoms with Crippen LogP contribution in [0.3, 0.4) is 0 Å². The van der Waals surface area contributed by atoms with Crippen LogP contribution in [0.25, 0.3) is 0 Å². The minimum atomic E-state index is -4.00. The van der Waals surface area contributed by atoms with E-state index in [1.165, 1.54) is 6.07 Å². The Labute approximate surface area is 121 Å². The standard InChI is InChI=1S/C14H12FN3O2S/c15-13-6-5-12(17)7-14(13)21(19,20)18-9-11-3-1-10(8-16)2-4-11/h1-7,18H,9,17H2. The zero-order valence-corrected chi connectivity index (χ0v) is 11.7. The first-order chi connectivity index (χ1) is 9.92. The monoisotopic (exact) mass is 305 g/mol. The van der Waals surface area contributed by atoms with Crippen molar-refractivity contribution in [1.29, 1.82) is 5.26 Å². The predicted molar refractivity (Wildman–Crippen MR) is 76.0 cm³/mol. The molecule has 0 saturated carbocycles. The van der Waals surface area contributed by atoms with Gasteiger partial charge in [0.15, 0.2) is 0 Å². The van der Waals surface area contributed by atoms with Gasteiger partial charge in [0, 0.05) is 12.2 Å². The molecule has 7 heteroatoms. The van der Waals surface area contributed by atoms with E-state index in [1.807, 2.05) is 6.07 Å². The Morgan fingerprint density at radius 1 is 1.19 bits per heavy atom. The van der Waals surface area contributed by atoms with Crippen molar-refractivity contribution in [3.8, 4) is 6.07 Å². The molecule has 0 aromatic heterocycles. The molecule has 3 N–H and O–H groups in total. The molecule has 0 bridgehead atoms. The van der Waals surface area contributed by atoms with Crippen molar-refractivity contribution in [1.82, 2.24) is 4.72 Å². The molecule has 0 fully saturated rings. The molecular formula is C14H12FN3O2S.